The minimum atomic E-state index is -3.22. The minimum absolute atomic E-state index is 0.00441. The Morgan fingerprint density at radius 1 is 1.44 bits per heavy atom. The van der Waals surface area contributed by atoms with Gasteiger partial charge in [0.05, 0.1) is 30.9 Å². The molecule has 1 aliphatic rings. The van der Waals surface area contributed by atoms with Gasteiger partial charge >= 0.3 is 0 Å². The quantitative estimate of drug-likeness (QED) is 0.780. The molecule has 0 amide bonds. The van der Waals surface area contributed by atoms with Gasteiger partial charge in [-0.05, 0) is 13.0 Å². The molecule has 1 N–H and O–H groups in total. The number of hydrogen-bond acceptors (Lipinski definition) is 6. The molecule has 136 valence electrons. The van der Waals surface area contributed by atoms with Gasteiger partial charge in [-0.3, -0.25) is 4.90 Å². The standard InChI is InChI=1S/C16H23N5O3S/c1-3-25(22,23)19-8-15-11-20(10-14-7-17-12-21(14)15)9-13-5-4-6-18-16(13)24-2/h4-7,12,15,19H,3,8-11H2,1-2H3/t15-/m0/s1. The van der Waals surface area contributed by atoms with Crippen LogP contribution in [-0.4, -0.2) is 53.8 Å². The van der Waals surface area contributed by atoms with Crippen molar-refractivity contribution in [2.45, 2.75) is 26.1 Å². The van der Waals surface area contributed by atoms with Crippen LogP contribution in [-0.2, 0) is 23.1 Å². The highest BCUT2D eigenvalue weighted by molar-refractivity contribution is 7.89. The molecule has 0 saturated carbocycles. The maximum atomic E-state index is 11.8. The lowest BCUT2D eigenvalue weighted by Gasteiger charge is -2.34. The first-order valence-electron chi connectivity index (χ1n) is 8.20. The lowest BCUT2D eigenvalue weighted by atomic mass is 10.1. The van der Waals surface area contributed by atoms with Gasteiger partial charge in [-0.1, -0.05) is 6.07 Å². The number of nitrogens with one attached hydrogen (secondary N) is 1. The predicted octanol–water partition coefficient (Wildman–Crippen LogP) is 0.783. The Hall–Kier alpha value is -1.97. The summed E-state index contributed by atoms with van der Waals surface area (Å²) in [5, 5.41) is 0. The number of fused-ring (bicyclic) bond motifs is 1. The first kappa shape index (κ1) is 17.8. The van der Waals surface area contributed by atoms with E-state index in [4.69, 9.17) is 4.74 Å². The molecule has 0 aromatic carbocycles. The Labute approximate surface area is 147 Å². The third kappa shape index (κ3) is 4.17. The van der Waals surface area contributed by atoms with Crippen LogP contribution in [0, 0.1) is 0 Å². The van der Waals surface area contributed by atoms with E-state index in [0.29, 0.717) is 25.5 Å². The van der Waals surface area contributed by atoms with Crippen molar-refractivity contribution >= 4 is 10.0 Å². The van der Waals surface area contributed by atoms with Gasteiger partial charge in [0.25, 0.3) is 0 Å². The molecule has 0 radical (unpaired) electrons. The van der Waals surface area contributed by atoms with Crippen LogP contribution in [0.4, 0.5) is 0 Å². The van der Waals surface area contributed by atoms with E-state index in [-0.39, 0.29) is 11.8 Å². The van der Waals surface area contributed by atoms with Gasteiger partial charge in [0.2, 0.25) is 15.9 Å². The second-order valence-corrected chi connectivity index (χ2v) is 8.13. The molecule has 1 atom stereocenters. The van der Waals surface area contributed by atoms with Gasteiger partial charge in [-0.25, -0.2) is 23.1 Å². The first-order chi connectivity index (χ1) is 12.0. The van der Waals surface area contributed by atoms with Gasteiger partial charge in [0.15, 0.2) is 0 Å². The van der Waals surface area contributed by atoms with E-state index in [2.05, 4.69) is 24.2 Å². The summed E-state index contributed by atoms with van der Waals surface area (Å²) in [6.07, 6.45) is 5.30. The van der Waals surface area contributed by atoms with Crippen molar-refractivity contribution in [2.75, 3.05) is 26.0 Å². The lowest BCUT2D eigenvalue weighted by molar-refractivity contribution is 0.175. The number of rotatable bonds is 7. The number of sulfonamides is 1. The minimum Gasteiger partial charge on any atom is -0.481 e. The number of nitrogens with zero attached hydrogens (tertiary/aromatic N) is 4. The van der Waals surface area contributed by atoms with E-state index in [1.807, 2.05) is 18.3 Å². The van der Waals surface area contributed by atoms with Crippen LogP contribution in [0.15, 0.2) is 30.9 Å². The molecule has 9 heteroatoms. The van der Waals surface area contributed by atoms with Crippen LogP contribution in [0.25, 0.3) is 0 Å². The third-order valence-corrected chi connectivity index (χ3v) is 5.72. The van der Waals surface area contributed by atoms with E-state index >= 15 is 0 Å². The van der Waals surface area contributed by atoms with Crippen molar-refractivity contribution < 1.29 is 13.2 Å². The molecule has 2 aromatic rings. The smallest absolute Gasteiger partial charge is 0.217 e. The SMILES string of the molecule is CCS(=O)(=O)NC[C@H]1CN(Cc2cccnc2OC)Cc2cncn21. The number of imidazole rings is 1. The summed E-state index contributed by atoms with van der Waals surface area (Å²) < 4.78 is 33.6. The Balaban J connectivity index is 1.75. The zero-order chi connectivity index (χ0) is 17.9. The van der Waals surface area contributed by atoms with Crippen molar-refractivity contribution in [3.8, 4) is 5.88 Å². The average molecular weight is 365 g/mol. The predicted molar refractivity (Wildman–Crippen MR) is 93.6 cm³/mol. The Bertz CT molecular complexity index is 821. The number of pyridine rings is 1. The van der Waals surface area contributed by atoms with Crippen molar-refractivity contribution in [1.82, 2.24) is 24.2 Å². The Kier molecular flexibility index (Phi) is 5.36. The fourth-order valence-corrected chi connectivity index (χ4v) is 3.69. The maximum Gasteiger partial charge on any atom is 0.217 e. The second kappa shape index (κ2) is 7.51. The van der Waals surface area contributed by atoms with Gasteiger partial charge < -0.3 is 9.30 Å². The molecule has 0 spiro atoms. The van der Waals surface area contributed by atoms with Crippen molar-refractivity contribution in [3.63, 3.8) is 0 Å². The van der Waals surface area contributed by atoms with Crippen molar-refractivity contribution in [1.29, 1.82) is 0 Å². The molecule has 25 heavy (non-hydrogen) atoms. The molecule has 0 fully saturated rings. The summed E-state index contributed by atoms with van der Waals surface area (Å²) in [4.78, 5) is 10.7. The average Bonchev–Trinajstić information content (AvgIpc) is 3.09. The lowest BCUT2D eigenvalue weighted by Crippen LogP contribution is -2.42. The molecular formula is C16H23N5O3S. The zero-order valence-electron chi connectivity index (χ0n) is 14.4. The van der Waals surface area contributed by atoms with Crippen molar-refractivity contribution in [2.24, 2.45) is 0 Å². The van der Waals surface area contributed by atoms with Crippen molar-refractivity contribution in [3.05, 3.63) is 42.1 Å². The second-order valence-electron chi connectivity index (χ2n) is 6.04. The summed E-state index contributed by atoms with van der Waals surface area (Å²) >= 11 is 0. The number of methoxy groups -OCH3 is 1. The van der Waals surface area contributed by atoms with E-state index in [9.17, 15) is 8.42 Å². The molecule has 0 unspecified atom stereocenters. The normalized spacial score (nSPS) is 18.1. The maximum absolute atomic E-state index is 11.8. The van der Waals surface area contributed by atoms with Crippen LogP contribution in [0.2, 0.25) is 0 Å². The highest BCUT2D eigenvalue weighted by Gasteiger charge is 2.26. The summed E-state index contributed by atoms with van der Waals surface area (Å²) in [5.41, 5.74) is 2.07. The molecule has 8 nitrogen and oxygen atoms in total. The molecule has 0 aliphatic carbocycles. The van der Waals surface area contributed by atoms with Crippen LogP contribution < -0.4 is 9.46 Å². The van der Waals surface area contributed by atoms with Gasteiger partial charge in [-0.2, -0.15) is 0 Å². The van der Waals surface area contributed by atoms with Gasteiger partial charge in [-0.15, -0.1) is 0 Å². The molecule has 0 bridgehead atoms. The fraction of sp³-hybridized carbons (Fsp3) is 0.500. The van der Waals surface area contributed by atoms with Crippen LogP contribution in [0.3, 0.4) is 0 Å². The molecule has 0 saturated heterocycles. The van der Waals surface area contributed by atoms with Gasteiger partial charge in [0, 0.05) is 44.1 Å². The topological polar surface area (TPSA) is 89.3 Å². The summed E-state index contributed by atoms with van der Waals surface area (Å²) in [7, 11) is -1.61. The summed E-state index contributed by atoms with van der Waals surface area (Å²) in [6.45, 7) is 4.12. The monoisotopic (exact) mass is 365 g/mol. The molecular weight excluding hydrogens is 342 g/mol. The number of ether oxygens (including phenoxy) is 1. The molecule has 3 heterocycles. The Morgan fingerprint density at radius 2 is 2.28 bits per heavy atom. The van der Waals surface area contributed by atoms with E-state index in [1.165, 1.54) is 0 Å². The third-order valence-electron chi connectivity index (χ3n) is 4.35. The molecule has 3 rings (SSSR count). The highest BCUT2D eigenvalue weighted by Crippen LogP contribution is 2.24. The number of aromatic nitrogens is 3. The zero-order valence-corrected chi connectivity index (χ0v) is 15.2. The first-order valence-corrected chi connectivity index (χ1v) is 9.86. The van der Waals surface area contributed by atoms with E-state index in [1.54, 1.807) is 26.6 Å². The summed E-state index contributed by atoms with van der Waals surface area (Å²) in [6, 6.07) is 3.88. The van der Waals surface area contributed by atoms with Crippen LogP contribution in [0.1, 0.15) is 24.2 Å². The van der Waals surface area contributed by atoms with Crippen LogP contribution >= 0.6 is 0 Å². The fourth-order valence-electron chi connectivity index (χ4n) is 3.04. The Morgan fingerprint density at radius 3 is 3.04 bits per heavy atom. The van der Waals surface area contributed by atoms with E-state index < -0.39 is 10.0 Å². The molecule has 1 aliphatic heterocycles. The van der Waals surface area contributed by atoms with Crippen LogP contribution in [0.5, 0.6) is 5.88 Å². The van der Waals surface area contributed by atoms with E-state index in [0.717, 1.165) is 17.8 Å². The summed E-state index contributed by atoms with van der Waals surface area (Å²) in [5.74, 6) is 0.692. The highest BCUT2D eigenvalue weighted by atomic mass is 32.2. The number of hydrogen-bond donors (Lipinski definition) is 1. The largest absolute Gasteiger partial charge is 0.481 e. The molecule has 2 aromatic heterocycles. The van der Waals surface area contributed by atoms with Gasteiger partial charge in [0.1, 0.15) is 0 Å².